The van der Waals surface area contributed by atoms with Crippen molar-refractivity contribution in [1.82, 2.24) is 24.2 Å². The Hall–Kier alpha value is -3.77. The maximum absolute atomic E-state index is 14.1. The second-order valence-electron chi connectivity index (χ2n) is 9.22. The Morgan fingerprint density at radius 1 is 1.23 bits per heavy atom. The number of nitrogens with zero attached hydrogens (tertiary/aromatic N) is 5. The molecule has 0 saturated heterocycles. The van der Waals surface area contributed by atoms with Gasteiger partial charge >= 0.3 is 0 Å². The van der Waals surface area contributed by atoms with E-state index in [9.17, 15) is 14.3 Å². The lowest BCUT2D eigenvalue weighted by Crippen LogP contribution is -2.49. The fraction of sp³-hybridized carbons (Fsp3) is 0.296. The maximum Gasteiger partial charge on any atom is 0.271 e. The predicted octanol–water partition coefficient (Wildman–Crippen LogP) is 3.96. The van der Waals surface area contributed by atoms with E-state index in [1.807, 2.05) is 29.9 Å². The number of carbonyl (C=O) groups is 1. The number of hydrogen-bond donors (Lipinski definition) is 2. The summed E-state index contributed by atoms with van der Waals surface area (Å²) in [5.41, 5.74) is 3.01. The molecule has 10 nitrogen and oxygen atoms in total. The molecule has 3 aromatic heterocycles. The van der Waals surface area contributed by atoms with Gasteiger partial charge < -0.3 is 29.4 Å². The van der Waals surface area contributed by atoms with Crippen molar-refractivity contribution in [3.05, 3.63) is 82.6 Å². The number of halogens is 2. The minimum atomic E-state index is -0.438. The normalized spacial score (nSPS) is 15.1. The van der Waals surface area contributed by atoms with Crippen LogP contribution in [-0.4, -0.2) is 61.8 Å². The van der Waals surface area contributed by atoms with Crippen LogP contribution in [0, 0.1) is 5.82 Å². The third-order valence-corrected chi connectivity index (χ3v) is 6.96. The maximum atomic E-state index is 14.1. The molecule has 1 aliphatic heterocycles. The van der Waals surface area contributed by atoms with Crippen LogP contribution in [0.4, 0.5) is 16.0 Å². The molecule has 5 rings (SSSR count). The highest BCUT2D eigenvalue weighted by Gasteiger charge is 2.34. The molecule has 0 aliphatic carbocycles. The molecule has 39 heavy (non-hydrogen) atoms. The Balaban J connectivity index is 1.47. The summed E-state index contributed by atoms with van der Waals surface area (Å²) in [7, 11) is 3.34. The lowest BCUT2D eigenvalue weighted by atomic mass is 10.0. The van der Waals surface area contributed by atoms with Crippen LogP contribution in [0.15, 0.2) is 55.0 Å². The number of nitrogens with one attached hydrogen (secondary N) is 1. The Kier molecular flexibility index (Phi) is 7.94. The van der Waals surface area contributed by atoms with E-state index in [-0.39, 0.29) is 38.5 Å². The van der Waals surface area contributed by atoms with Crippen LogP contribution < -0.4 is 5.32 Å². The van der Waals surface area contributed by atoms with Gasteiger partial charge in [-0.05, 0) is 35.4 Å². The van der Waals surface area contributed by atoms with Crippen LogP contribution in [0.2, 0.25) is 5.02 Å². The lowest BCUT2D eigenvalue weighted by Gasteiger charge is -2.36. The van der Waals surface area contributed by atoms with Crippen LogP contribution in [0.25, 0.3) is 11.1 Å². The number of pyridine rings is 1. The van der Waals surface area contributed by atoms with Gasteiger partial charge in [0.25, 0.3) is 5.91 Å². The molecule has 0 fully saturated rings. The second kappa shape index (κ2) is 11.5. The van der Waals surface area contributed by atoms with E-state index in [4.69, 9.17) is 21.1 Å². The van der Waals surface area contributed by atoms with Gasteiger partial charge in [0.2, 0.25) is 0 Å². The summed E-state index contributed by atoms with van der Waals surface area (Å²) in [6.07, 6.45) is 5.12. The van der Waals surface area contributed by atoms with E-state index in [1.165, 1.54) is 25.3 Å². The van der Waals surface area contributed by atoms with Gasteiger partial charge in [0, 0.05) is 56.8 Å². The number of benzene rings is 1. The molecule has 12 heteroatoms. The number of aromatic nitrogens is 4. The Bertz CT molecular complexity index is 1490. The summed E-state index contributed by atoms with van der Waals surface area (Å²) in [5.74, 6) is 0.650. The highest BCUT2D eigenvalue weighted by molar-refractivity contribution is 6.33. The van der Waals surface area contributed by atoms with Crippen molar-refractivity contribution >= 4 is 29.1 Å². The van der Waals surface area contributed by atoms with Gasteiger partial charge in [-0.15, -0.1) is 0 Å². The standard InChI is InChI=1S/C27H28ClFN6O4/c1-33-26(5-6-31-33)32-25-9-22(23(28)10-30-25)19-8-24-27(37)35(12-18-7-20(29)4-3-17(18)14-36)21(13-34(24)11-19)15-39-16-38-2/h3-11,21,36H,12-16H2,1-2H3,(H,30,32). The number of aliphatic hydroxyl groups excluding tert-OH is 1. The smallest absolute Gasteiger partial charge is 0.271 e. The first-order chi connectivity index (χ1) is 18.9. The van der Waals surface area contributed by atoms with E-state index in [1.54, 1.807) is 28.0 Å². The van der Waals surface area contributed by atoms with Crippen LogP contribution in [0.1, 0.15) is 21.6 Å². The first-order valence-electron chi connectivity index (χ1n) is 12.2. The molecule has 1 unspecified atom stereocenters. The van der Waals surface area contributed by atoms with Crippen molar-refractivity contribution in [2.75, 3.05) is 25.8 Å². The van der Waals surface area contributed by atoms with Crippen molar-refractivity contribution in [3.8, 4) is 11.1 Å². The zero-order valence-corrected chi connectivity index (χ0v) is 22.2. The van der Waals surface area contributed by atoms with Crippen molar-refractivity contribution in [2.45, 2.75) is 25.7 Å². The summed E-state index contributed by atoms with van der Waals surface area (Å²) >= 11 is 6.54. The molecule has 0 radical (unpaired) electrons. The zero-order chi connectivity index (χ0) is 27.5. The number of hydrogen-bond acceptors (Lipinski definition) is 7. The van der Waals surface area contributed by atoms with Gasteiger partial charge in [0.05, 0.1) is 30.5 Å². The summed E-state index contributed by atoms with van der Waals surface area (Å²) in [6, 6.07) is 9.24. The van der Waals surface area contributed by atoms with Crippen molar-refractivity contribution in [3.63, 3.8) is 0 Å². The van der Waals surface area contributed by atoms with Gasteiger partial charge in [-0.2, -0.15) is 5.10 Å². The first-order valence-corrected chi connectivity index (χ1v) is 12.6. The van der Waals surface area contributed by atoms with Crippen LogP contribution in [0.5, 0.6) is 0 Å². The van der Waals surface area contributed by atoms with E-state index in [2.05, 4.69) is 15.4 Å². The predicted molar refractivity (Wildman–Crippen MR) is 143 cm³/mol. The summed E-state index contributed by atoms with van der Waals surface area (Å²) in [4.78, 5) is 19.8. The third kappa shape index (κ3) is 5.66. The minimum absolute atomic E-state index is 0.0727. The molecule has 1 aliphatic rings. The Morgan fingerprint density at radius 3 is 2.82 bits per heavy atom. The number of ether oxygens (including phenoxy) is 2. The monoisotopic (exact) mass is 554 g/mol. The van der Waals surface area contributed by atoms with Crippen molar-refractivity contribution in [2.24, 2.45) is 7.05 Å². The molecule has 0 spiro atoms. The molecular formula is C27H28ClFN6O4. The van der Waals surface area contributed by atoms with Gasteiger partial charge in [0.15, 0.2) is 0 Å². The third-order valence-electron chi connectivity index (χ3n) is 6.66. The largest absolute Gasteiger partial charge is 0.392 e. The molecule has 1 aromatic carbocycles. The summed E-state index contributed by atoms with van der Waals surface area (Å²) < 4.78 is 28.3. The fourth-order valence-corrected chi connectivity index (χ4v) is 4.89. The van der Waals surface area contributed by atoms with Gasteiger partial charge in [0.1, 0.15) is 29.9 Å². The Morgan fingerprint density at radius 2 is 2.08 bits per heavy atom. The molecule has 2 N–H and O–H groups in total. The minimum Gasteiger partial charge on any atom is -0.392 e. The molecule has 4 aromatic rings. The molecule has 1 amide bonds. The van der Waals surface area contributed by atoms with E-state index in [0.717, 1.165) is 11.4 Å². The number of aryl methyl sites for hydroxylation is 1. The number of carbonyl (C=O) groups excluding carboxylic acids is 1. The average molecular weight is 555 g/mol. The van der Waals surface area contributed by atoms with Crippen LogP contribution >= 0.6 is 11.6 Å². The van der Waals surface area contributed by atoms with Gasteiger partial charge in [-0.3, -0.25) is 9.48 Å². The molecule has 0 saturated carbocycles. The topological polar surface area (TPSA) is 107 Å². The molecular weight excluding hydrogens is 527 g/mol. The van der Waals surface area contributed by atoms with Gasteiger partial charge in [-0.1, -0.05) is 17.7 Å². The van der Waals surface area contributed by atoms with Gasteiger partial charge in [-0.25, -0.2) is 9.37 Å². The number of aliphatic hydroxyl groups is 1. The molecule has 0 bridgehead atoms. The van der Waals surface area contributed by atoms with Crippen LogP contribution in [0.3, 0.4) is 0 Å². The number of rotatable bonds is 10. The van der Waals surface area contributed by atoms with E-state index < -0.39 is 5.82 Å². The SMILES string of the molecule is COCOCC1Cn2cc(-c3cc(Nc4ccnn4C)ncc3Cl)cc2C(=O)N1Cc1cc(F)ccc1CO. The average Bonchev–Trinajstić information content (AvgIpc) is 3.53. The summed E-state index contributed by atoms with van der Waals surface area (Å²) in [5, 5.41) is 17.6. The lowest BCUT2D eigenvalue weighted by molar-refractivity contribution is -0.0536. The molecule has 4 heterocycles. The fourth-order valence-electron chi connectivity index (χ4n) is 4.67. The number of amides is 1. The molecule has 1 atom stereocenters. The number of anilines is 2. The van der Waals surface area contributed by atoms with E-state index >= 15 is 0 Å². The highest BCUT2D eigenvalue weighted by atomic mass is 35.5. The van der Waals surface area contributed by atoms with E-state index in [0.29, 0.717) is 39.8 Å². The number of methoxy groups -OCH3 is 1. The Labute approximate surface area is 229 Å². The summed E-state index contributed by atoms with van der Waals surface area (Å²) in [6.45, 7) is 0.577. The number of fused-ring (bicyclic) bond motifs is 1. The van der Waals surface area contributed by atoms with Crippen molar-refractivity contribution in [1.29, 1.82) is 0 Å². The molecule has 204 valence electrons. The van der Waals surface area contributed by atoms with Crippen molar-refractivity contribution < 1.29 is 23.8 Å². The highest BCUT2D eigenvalue weighted by Crippen LogP contribution is 2.34. The first kappa shape index (κ1) is 26.8. The van der Waals surface area contributed by atoms with Crippen LogP contribution in [-0.2, 0) is 36.2 Å². The zero-order valence-electron chi connectivity index (χ0n) is 21.5. The second-order valence-corrected chi connectivity index (χ2v) is 9.62. The quantitative estimate of drug-likeness (QED) is 0.226.